The van der Waals surface area contributed by atoms with Gasteiger partial charge in [-0.25, -0.2) is 4.98 Å². The van der Waals surface area contributed by atoms with E-state index in [1.165, 1.54) is 5.57 Å². The number of halogens is 1. The van der Waals surface area contributed by atoms with Crippen LogP contribution >= 0.6 is 15.9 Å². The summed E-state index contributed by atoms with van der Waals surface area (Å²) in [6.07, 6.45) is 5.31. The molecular weight excluding hydrogens is 278 g/mol. The van der Waals surface area contributed by atoms with E-state index in [0.29, 0.717) is 16.1 Å². The second kappa shape index (κ2) is 4.25. The zero-order valence-corrected chi connectivity index (χ0v) is 10.9. The smallest absolute Gasteiger partial charge is 0.123 e. The van der Waals surface area contributed by atoms with Gasteiger partial charge in [0.05, 0.1) is 5.56 Å². The van der Waals surface area contributed by atoms with Crippen molar-refractivity contribution in [2.75, 3.05) is 13.1 Å². The van der Waals surface area contributed by atoms with Crippen LogP contribution in [0.2, 0.25) is 0 Å². The zero-order valence-electron chi connectivity index (χ0n) is 9.28. The van der Waals surface area contributed by atoms with Gasteiger partial charge in [-0.15, -0.1) is 0 Å². The van der Waals surface area contributed by atoms with E-state index in [9.17, 15) is 0 Å². The molecular formula is C13H12BrN3. The molecule has 4 heteroatoms. The fourth-order valence-corrected chi connectivity index (χ4v) is 3.10. The lowest BCUT2D eigenvalue weighted by atomic mass is 9.91. The Morgan fingerprint density at radius 3 is 3.18 bits per heavy atom. The first-order valence-electron chi connectivity index (χ1n) is 5.76. The molecule has 0 radical (unpaired) electrons. The number of aromatic nitrogens is 1. The summed E-state index contributed by atoms with van der Waals surface area (Å²) in [7, 11) is 0. The Hall–Kier alpha value is -1.18. The van der Waals surface area contributed by atoms with Crippen LogP contribution in [-0.4, -0.2) is 18.1 Å². The summed E-state index contributed by atoms with van der Waals surface area (Å²) in [5.41, 5.74) is 3.07. The average molecular weight is 290 g/mol. The van der Waals surface area contributed by atoms with E-state index in [4.69, 9.17) is 5.26 Å². The molecule has 1 aromatic rings. The summed E-state index contributed by atoms with van der Waals surface area (Å²) in [5.74, 6) is 1.34. The van der Waals surface area contributed by atoms with Crippen molar-refractivity contribution in [1.29, 1.82) is 5.26 Å². The summed E-state index contributed by atoms with van der Waals surface area (Å²) >= 11 is 3.29. The van der Waals surface area contributed by atoms with Gasteiger partial charge in [-0.2, -0.15) is 5.26 Å². The maximum absolute atomic E-state index is 9.02. The Bertz CT molecular complexity index is 530. The highest BCUT2D eigenvalue weighted by Gasteiger charge is 2.34. The lowest BCUT2D eigenvalue weighted by Gasteiger charge is -2.13. The number of nitrogens with zero attached hydrogens (tertiary/aromatic N) is 2. The quantitative estimate of drug-likeness (QED) is 0.808. The highest BCUT2D eigenvalue weighted by Crippen LogP contribution is 2.40. The minimum atomic E-state index is 0.601. The normalized spacial score (nSPS) is 26.5. The van der Waals surface area contributed by atoms with Gasteiger partial charge in [-0.3, -0.25) is 0 Å². The monoisotopic (exact) mass is 289 g/mol. The van der Waals surface area contributed by atoms with Gasteiger partial charge in [0.1, 0.15) is 10.7 Å². The second-order valence-corrected chi connectivity index (χ2v) is 5.35. The molecule has 86 valence electrons. The highest BCUT2D eigenvalue weighted by molar-refractivity contribution is 9.10. The number of hydrogen-bond acceptors (Lipinski definition) is 3. The molecule has 0 bridgehead atoms. The van der Waals surface area contributed by atoms with Crippen LogP contribution in [0.25, 0.3) is 5.57 Å². The van der Waals surface area contributed by atoms with Crippen LogP contribution in [0.4, 0.5) is 0 Å². The van der Waals surface area contributed by atoms with Crippen molar-refractivity contribution in [3.05, 3.63) is 34.1 Å². The van der Waals surface area contributed by atoms with E-state index in [-0.39, 0.29) is 0 Å². The number of hydrogen-bond donors (Lipinski definition) is 1. The summed E-state index contributed by atoms with van der Waals surface area (Å²) in [4.78, 5) is 4.24. The molecule has 1 fully saturated rings. The largest absolute Gasteiger partial charge is 0.316 e. The predicted molar refractivity (Wildman–Crippen MR) is 69.1 cm³/mol. The van der Waals surface area contributed by atoms with E-state index in [1.807, 2.05) is 12.3 Å². The van der Waals surface area contributed by atoms with Crippen molar-refractivity contribution in [2.45, 2.75) is 6.42 Å². The Balaban J connectivity index is 1.98. The van der Waals surface area contributed by atoms with E-state index in [1.54, 1.807) is 0 Å². The molecule has 1 aromatic heterocycles. The Labute approximate surface area is 109 Å². The van der Waals surface area contributed by atoms with Crippen LogP contribution in [-0.2, 0) is 0 Å². The van der Waals surface area contributed by atoms with Crippen molar-refractivity contribution in [1.82, 2.24) is 10.3 Å². The van der Waals surface area contributed by atoms with Crippen molar-refractivity contribution >= 4 is 21.5 Å². The third-order valence-corrected chi connectivity index (χ3v) is 4.30. The second-order valence-electron chi connectivity index (χ2n) is 4.59. The fraction of sp³-hybridized carbons (Fsp3) is 0.385. The molecule has 1 N–H and O–H groups in total. The third-order valence-electron chi connectivity index (χ3n) is 3.67. The fourth-order valence-electron chi connectivity index (χ4n) is 2.79. The summed E-state index contributed by atoms with van der Waals surface area (Å²) < 4.78 is 0.628. The molecule has 2 aliphatic rings. The van der Waals surface area contributed by atoms with Gasteiger partial charge in [0, 0.05) is 18.7 Å². The highest BCUT2D eigenvalue weighted by atomic mass is 79.9. The minimum absolute atomic E-state index is 0.601. The van der Waals surface area contributed by atoms with Crippen LogP contribution in [0.15, 0.2) is 22.9 Å². The number of nitriles is 1. The first kappa shape index (κ1) is 10.9. The molecule has 2 atom stereocenters. The van der Waals surface area contributed by atoms with Crippen LogP contribution in [0, 0.1) is 23.2 Å². The minimum Gasteiger partial charge on any atom is -0.316 e. The Kier molecular flexibility index (Phi) is 2.73. The first-order chi connectivity index (χ1) is 8.29. The summed E-state index contributed by atoms with van der Waals surface area (Å²) in [6.45, 7) is 2.16. The Morgan fingerprint density at radius 2 is 2.35 bits per heavy atom. The maximum Gasteiger partial charge on any atom is 0.123 e. The van der Waals surface area contributed by atoms with Gasteiger partial charge in [0.15, 0.2) is 0 Å². The molecule has 0 saturated carbocycles. The van der Waals surface area contributed by atoms with Gasteiger partial charge in [0.25, 0.3) is 0 Å². The average Bonchev–Trinajstić information content (AvgIpc) is 2.92. The van der Waals surface area contributed by atoms with Gasteiger partial charge in [0.2, 0.25) is 0 Å². The number of nitrogens with one attached hydrogen (secondary N) is 1. The molecule has 3 nitrogen and oxygen atoms in total. The molecule has 1 aliphatic carbocycles. The van der Waals surface area contributed by atoms with Crippen molar-refractivity contribution < 1.29 is 0 Å². The van der Waals surface area contributed by atoms with Crippen LogP contribution < -0.4 is 5.32 Å². The van der Waals surface area contributed by atoms with Gasteiger partial charge in [-0.1, -0.05) is 6.08 Å². The number of pyridine rings is 1. The Morgan fingerprint density at radius 1 is 1.47 bits per heavy atom. The van der Waals surface area contributed by atoms with Gasteiger partial charge >= 0.3 is 0 Å². The molecule has 0 spiro atoms. The zero-order chi connectivity index (χ0) is 11.8. The predicted octanol–water partition coefficient (Wildman–Crippen LogP) is 2.34. The molecule has 1 saturated heterocycles. The van der Waals surface area contributed by atoms with E-state index < -0.39 is 0 Å². The lowest BCUT2D eigenvalue weighted by molar-refractivity contribution is 0.542. The van der Waals surface area contributed by atoms with Gasteiger partial charge in [-0.05, 0) is 52.0 Å². The van der Waals surface area contributed by atoms with E-state index in [2.05, 4.69) is 38.4 Å². The van der Waals surface area contributed by atoms with Crippen molar-refractivity contribution in [3.8, 4) is 6.07 Å². The number of fused-ring (bicyclic) bond motifs is 1. The number of rotatable bonds is 1. The van der Waals surface area contributed by atoms with Gasteiger partial charge < -0.3 is 5.32 Å². The van der Waals surface area contributed by atoms with E-state index >= 15 is 0 Å². The SMILES string of the molecule is N#Cc1cc(C2=CC[C@@H]3CNC[C@H]23)cnc1Br. The molecule has 0 aromatic carbocycles. The molecule has 1 aliphatic heterocycles. The lowest BCUT2D eigenvalue weighted by Crippen LogP contribution is -2.10. The first-order valence-corrected chi connectivity index (χ1v) is 6.55. The molecule has 3 rings (SSSR count). The standard InChI is InChI=1S/C13H12BrN3/c14-13-9(4-15)3-10(6-17-13)11-2-1-8-5-16-7-12(8)11/h2-3,6,8,12,16H,1,5,7H2/t8-,12+/m1/s1. The summed E-state index contributed by atoms with van der Waals surface area (Å²) in [5, 5.41) is 12.4. The van der Waals surface area contributed by atoms with Crippen molar-refractivity contribution in [2.24, 2.45) is 11.8 Å². The summed E-state index contributed by atoms with van der Waals surface area (Å²) in [6, 6.07) is 4.10. The molecule has 0 amide bonds. The maximum atomic E-state index is 9.02. The molecule has 17 heavy (non-hydrogen) atoms. The number of allylic oxidation sites excluding steroid dienone is 1. The molecule has 2 heterocycles. The molecule has 0 unspecified atom stereocenters. The third kappa shape index (κ3) is 1.80. The van der Waals surface area contributed by atoms with Crippen LogP contribution in [0.3, 0.4) is 0 Å². The van der Waals surface area contributed by atoms with E-state index in [0.717, 1.165) is 31.0 Å². The topological polar surface area (TPSA) is 48.7 Å². The van der Waals surface area contributed by atoms with Crippen molar-refractivity contribution in [3.63, 3.8) is 0 Å². The van der Waals surface area contributed by atoms with Crippen LogP contribution in [0.1, 0.15) is 17.5 Å². The van der Waals surface area contributed by atoms with Crippen LogP contribution in [0.5, 0.6) is 0 Å².